The van der Waals surface area contributed by atoms with Gasteiger partial charge in [-0.15, -0.1) is 0 Å². The van der Waals surface area contributed by atoms with Crippen molar-refractivity contribution in [2.45, 2.75) is 24.3 Å². The van der Waals surface area contributed by atoms with Gasteiger partial charge in [0.2, 0.25) is 0 Å². The molecule has 0 saturated carbocycles. The fraction of sp³-hybridized carbons (Fsp3) is 0.174. The lowest BCUT2D eigenvalue weighted by Gasteiger charge is -2.23. The molecule has 0 aliphatic carbocycles. The first-order valence-electron chi connectivity index (χ1n) is 9.95. The van der Waals surface area contributed by atoms with Gasteiger partial charge in [-0.25, -0.2) is 8.42 Å². The third-order valence-electron chi connectivity index (χ3n) is 5.19. The summed E-state index contributed by atoms with van der Waals surface area (Å²) >= 11 is 15.6. The fourth-order valence-corrected chi connectivity index (χ4v) is 5.61. The monoisotopic (exact) mass is 568 g/mol. The van der Waals surface area contributed by atoms with E-state index in [0.29, 0.717) is 10.7 Å². The zero-order valence-corrected chi connectivity index (χ0v) is 21.3. The Hall–Kier alpha value is -2.26. The van der Waals surface area contributed by atoms with Crippen molar-refractivity contribution in [1.29, 1.82) is 0 Å². The molecule has 1 N–H and O–H groups in total. The molecule has 1 atom stereocenters. The van der Waals surface area contributed by atoms with Crippen molar-refractivity contribution >= 4 is 66.4 Å². The van der Waals surface area contributed by atoms with E-state index in [1.807, 2.05) is 25.1 Å². The minimum absolute atomic E-state index is 0.00679. The molecule has 1 aliphatic heterocycles. The summed E-state index contributed by atoms with van der Waals surface area (Å²) in [5.74, 6) is 0.0130. The summed E-state index contributed by atoms with van der Waals surface area (Å²) in [6.07, 6.45) is 0.758. The number of benzene rings is 3. The van der Waals surface area contributed by atoms with Gasteiger partial charge in [-0.2, -0.15) is 0 Å². The number of fused-ring (bicyclic) bond motifs is 1. The lowest BCUT2D eigenvalue weighted by Crippen LogP contribution is -2.39. The van der Waals surface area contributed by atoms with Crippen molar-refractivity contribution in [3.8, 4) is 5.75 Å². The van der Waals surface area contributed by atoms with E-state index in [4.69, 9.17) is 27.9 Å². The quantitative estimate of drug-likeness (QED) is 0.400. The Morgan fingerprint density at radius 1 is 1.12 bits per heavy atom. The SMILES string of the molecule is C[C@H]1Cc2cc(Br)ccc2N1C(=O)COc1ccc(S(=O)(=O)Nc2ccc(Cl)cc2)cc1Cl. The fourth-order valence-electron chi connectivity index (χ4n) is 3.69. The molecule has 0 bridgehead atoms. The molecule has 3 aromatic rings. The van der Waals surface area contributed by atoms with E-state index in [9.17, 15) is 13.2 Å². The van der Waals surface area contributed by atoms with Crippen molar-refractivity contribution in [2.24, 2.45) is 0 Å². The molecule has 1 aliphatic rings. The Morgan fingerprint density at radius 3 is 2.55 bits per heavy atom. The van der Waals surface area contributed by atoms with E-state index in [1.165, 1.54) is 18.2 Å². The zero-order valence-electron chi connectivity index (χ0n) is 17.4. The van der Waals surface area contributed by atoms with Crippen molar-refractivity contribution in [1.82, 2.24) is 0 Å². The van der Waals surface area contributed by atoms with Crippen LogP contribution in [0.25, 0.3) is 0 Å². The number of carbonyl (C=O) groups excluding carboxylic acids is 1. The molecule has 6 nitrogen and oxygen atoms in total. The van der Waals surface area contributed by atoms with Gasteiger partial charge in [-0.1, -0.05) is 39.1 Å². The molecule has 0 radical (unpaired) electrons. The third kappa shape index (κ3) is 5.30. The molecule has 0 saturated heterocycles. The van der Waals surface area contributed by atoms with Crippen LogP contribution >= 0.6 is 39.1 Å². The highest BCUT2D eigenvalue weighted by Gasteiger charge is 2.31. The van der Waals surface area contributed by atoms with Gasteiger partial charge in [0.05, 0.1) is 9.92 Å². The first kappa shape index (κ1) is 23.9. The maximum atomic E-state index is 12.9. The molecule has 1 amide bonds. The van der Waals surface area contributed by atoms with Gasteiger partial charge in [0.25, 0.3) is 15.9 Å². The van der Waals surface area contributed by atoms with Gasteiger partial charge in [0.15, 0.2) is 6.61 Å². The Labute approximate surface area is 210 Å². The summed E-state index contributed by atoms with van der Waals surface area (Å²) in [4.78, 5) is 14.6. The maximum Gasteiger partial charge on any atom is 0.265 e. The van der Waals surface area contributed by atoms with E-state index in [0.717, 1.165) is 22.1 Å². The average Bonchev–Trinajstić information content (AvgIpc) is 3.08. The van der Waals surface area contributed by atoms with E-state index in [2.05, 4.69) is 20.7 Å². The summed E-state index contributed by atoms with van der Waals surface area (Å²) < 4.78 is 34.4. The predicted molar refractivity (Wildman–Crippen MR) is 134 cm³/mol. The number of carbonyl (C=O) groups is 1. The van der Waals surface area contributed by atoms with Crippen LogP contribution in [-0.2, 0) is 21.2 Å². The van der Waals surface area contributed by atoms with Crippen LogP contribution < -0.4 is 14.4 Å². The molecule has 10 heteroatoms. The Kier molecular flexibility index (Phi) is 6.91. The zero-order chi connectivity index (χ0) is 23.8. The highest BCUT2D eigenvalue weighted by molar-refractivity contribution is 9.10. The van der Waals surface area contributed by atoms with Gasteiger partial charge in [0.1, 0.15) is 5.75 Å². The van der Waals surface area contributed by atoms with Crippen molar-refractivity contribution in [3.63, 3.8) is 0 Å². The number of hydrogen-bond donors (Lipinski definition) is 1. The van der Waals surface area contributed by atoms with E-state index < -0.39 is 10.0 Å². The smallest absolute Gasteiger partial charge is 0.265 e. The second kappa shape index (κ2) is 9.54. The first-order valence-corrected chi connectivity index (χ1v) is 13.0. The lowest BCUT2D eigenvalue weighted by atomic mass is 10.1. The highest BCUT2D eigenvalue weighted by Crippen LogP contribution is 2.34. The first-order chi connectivity index (χ1) is 15.6. The van der Waals surface area contributed by atoms with E-state index in [1.54, 1.807) is 29.2 Å². The van der Waals surface area contributed by atoms with E-state index >= 15 is 0 Å². The van der Waals surface area contributed by atoms with Gasteiger partial charge < -0.3 is 9.64 Å². The number of ether oxygens (including phenoxy) is 1. The van der Waals surface area contributed by atoms with Crippen LogP contribution in [0.1, 0.15) is 12.5 Å². The molecule has 1 heterocycles. The number of rotatable bonds is 6. The Bertz CT molecular complexity index is 1320. The summed E-state index contributed by atoms with van der Waals surface area (Å²) in [5, 5.41) is 0.581. The van der Waals surface area contributed by atoms with Crippen molar-refractivity contribution < 1.29 is 17.9 Å². The van der Waals surface area contributed by atoms with Crippen LogP contribution in [0.4, 0.5) is 11.4 Å². The van der Waals surface area contributed by atoms with Gasteiger partial charge in [-0.3, -0.25) is 9.52 Å². The van der Waals surface area contributed by atoms with Crippen LogP contribution in [0.5, 0.6) is 5.75 Å². The number of anilines is 2. The lowest BCUT2D eigenvalue weighted by molar-refractivity contribution is -0.120. The molecule has 172 valence electrons. The Balaban J connectivity index is 1.45. The third-order valence-corrected chi connectivity index (χ3v) is 7.61. The molecule has 0 spiro atoms. The molecular formula is C23H19BrCl2N2O4S. The molecular weight excluding hydrogens is 551 g/mol. The number of nitrogens with zero attached hydrogens (tertiary/aromatic N) is 1. The summed E-state index contributed by atoms with van der Waals surface area (Å²) in [6.45, 7) is 1.75. The van der Waals surface area contributed by atoms with Crippen LogP contribution in [0.3, 0.4) is 0 Å². The number of sulfonamides is 1. The molecule has 0 unspecified atom stereocenters. The van der Waals surface area contributed by atoms with Crippen molar-refractivity contribution in [3.05, 3.63) is 80.7 Å². The molecule has 0 aromatic heterocycles. The molecule has 4 rings (SSSR count). The minimum atomic E-state index is -3.87. The van der Waals surface area contributed by atoms with Gasteiger partial charge in [0, 0.05) is 26.9 Å². The van der Waals surface area contributed by atoms with Crippen LogP contribution in [0.15, 0.2) is 70.0 Å². The van der Waals surface area contributed by atoms with Gasteiger partial charge in [-0.05, 0) is 79.6 Å². The molecule has 0 fully saturated rings. The molecule has 33 heavy (non-hydrogen) atoms. The summed E-state index contributed by atoms with van der Waals surface area (Å²) in [7, 11) is -3.87. The second-order valence-corrected chi connectivity index (χ2v) is 11.0. The van der Waals surface area contributed by atoms with Crippen LogP contribution in [0, 0.1) is 0 Å². The highest BCUT2D eigenvalue weighted by atomic mass is 79.9. The maximum absolute atomic E-state index is 12.9. The standard InChI is InChI=1S/C23H19BrCl2N2O4S/c1-14-10-15-11-16(24)2-8-21(15)28(14)23(29)13-32-22-9-7-19(12-20(22)26)33(30,31)27-18-5-3-17(25)4-6-18/h2-9,11-12,14,27H,10,13H2,1H3/t14-/m0/s1. The van der Waals surface area contributed by atoms with Crippen LogP contribution in [-0.4, -0.2) is 27.0 Å². The Morgan fingerprint density at radius 2 is 1.85 bits per heavy atom. The second-order valence-electron chi connectivity index (χ2n) is 7.58. The number of hydrogen-bond acceptors (Lipinski definition) is 4. The van der Waals surface area contributed by atoms with E-state index in [-0.39, 0.29) is 34.2 Å². The molecule has 3 aromatic carbocycles. The topological polar surface area (TPSA) is 75.7 Å². The average molecular weight is 570 g/mol. The number of halogens is 3. The predicted octanol–water partition coefficient (Wildman–Crippen LogP) is 5.91. The largest absolute Gasteiger partial charge is 0.482 e. The number of nitrogens with one attached hydrogen (secondary N) is 1. The summed E-state index contributed by atoms with van der Waals surface area (Å²) in [5.41, 5.74) is 2.32. The summed E-state index contributed by atoms with van der Waals surface area (Å²) in [6, 6.07) is 16.2. The normalized spacial score (nSPS) is 15.3. The van der Waals surface area contributed by atoms with Crippen LogP contribution in [0.2, 0.25) is 10.0 Å². The van der Waals surface area contributed by atoms with Gasteiger partial charge >= 0.3 is 0 Å². The number of amides is 1. The van der Waals surface area contributed by atoms with Crippen molar-refractivity contribution in [2.75, 3.05) is 16.2 Å². The minimum Gasteiger partial charge on any atom is -0.482 e.